The maximum Gasteiger partial charge on any atom is 0.335 e. The summed E-state index contributed by atoms with van der Waals surface area (Å²) < 4.78 is 10.7. The summed E-state index contributed by atoms with van der Waals surface area (Å²) in [6.07, 6.45) is 1.81. The summed E-state index contributed by atoms with van der Waals surface area (Å²) in [6, 6.07) is 5.28. The largest absolute Gasteiger partial charge is 0.582 e. The zero-order valence-electron chi connectivity index (χ0n) is 13.1. The SMILES string of the molecule is CCOc1ccc(C(=N)N=C([OH2+])C2CCNCC2)cc1OC. The molecule has 4 N–H and O–H groups in total. The smallest absolute Gasteiger partial charge is 0.335 e. The van der Waals surface area contributed by atoms with Gasteiger partial charge in [-0.15, -0.1) is 4.99 Å². The number of ether oxygens (including phenoxy) is 2. The van der Waals surface area contributed by atoms with Crippen molar-refractivity contribution in [1.82, 2.24) is 5.32 Å². The van der Waals surface area contributed by atoms with E-state index < -0.39 is 0 Å². The van der Waals surface area contributed by atoms with Crippen LogP contribution in [-0.4, -0.2) is 43.6 Å². The first-order chi connectivity index (χ1) is 10.7. The fraction of sp³-hybridized carbons (Fsp3) is 0.500. The first-order valence-corrected chi connectivity index (χ1v) is 7.56. The lowest BCUT2D eigenvalue weighted by molar-refractivity contribution is 0.311. The van der Waals surface area contributed by atoms with Gasteiger partial charge in [0.15, 0.2) is 17.3 Å². The highest BCUT2D eigenvalue weighted by Gasteiger charge is 2.23. The second-order valence-electron chi connectivity index (χ2n) is 5.17. The van der Waals surface area contributed by atoms with Gasteiger partial charge in [0.05, 0.1) is 19.6 Å². The molecule has 1 aromatic rings. The van der Waals surface area contributed by atoms with Gasteiger partial charge in [-0.25, -0.2) is 0 Å². The molecule has 0 aliphatic carbocycles. The van der Waals surface area contributed by atoms with Crippen LogP contribution >= 0.6 is 0 Å². The second-order valence-corrected chi connectivity index (χ2v) is 5.17. The highest BCUT2D eigenvalue weighted by molar-refractivity contribution is 6.03. The van der Waals surface area contributed by atoms with Crippen molar-refractivity contribution in [2.24, 2.45) is 10.9 Å². The lowest BCUT2D eigenvalue weighted by Gasteiger charge is -2.18. The standard InChI is InChI=1S/C16H23N3O3/c1-3-22-13-5-4-12(10-14(13)21-2)15(17)19-16(20)11-6-8-18-9-7-11/h4-5,10-11,18H,3,6-9H2,1-2H3,(H2,17,19,20)/p+1. The van der Waals surface area contributed by atoms with E-state index in [2.05, 4.69) is 10.3 Å². The van der Waals surface area contributed by atoms with Crippen molar-refractivity contribution < 1.29 is 14.6 Å². The Balaban J connectivity index is 2.14. The number of benzene rings is 1. The summed E-state index contributed by atoms with van der Waals surface area (Å²) in [5.41, 5.74) is 0.624. The maximum atomic E-state index is 8.10. The van der Waals surface area contributed by atoms with E-state index in [9.17, 15) is 0 Å². The number of rotatable bonds is 5. The van der Waals surface area contributed by atoms with Crippen LogP contribution in [0.15, 0.2) is 23.2 Å². The van der Waals surface area contributed by atoms with Crippen LogP contribution in [0.5, 0.6) is 11.5 Å². The van der Waals surface area contributed by atoms with Crippen LogP contribution in [0.3, 0.4) is 0 Å². The third kappa shape index (κ3) is 3.98. The highest BCUT2D eigenvalue weighted by atomic mass is 16.5. The number of amidine groups is 1. The van der Waals surface area contributed by atoms with Gasteiger partial charge in [0.1, 0.15) is 0 Å². The molecule has 120 valence electrons. The summed E-state index contributed by atoms with van der Waals surface area (Å²) in [6.45, 7) is 4.28. The lowest BCUT2D eigenvalue weighted by atomic mass is 9.98. The summed E-state index contributed by atoms with van der Waals surface area (Å²) in [7, 11) is 1.57. The molecule has 6 nitrogen and oxygen atoms in total. The van der Waals surface area contributed by atoms with Gasteiger partial charge in [0, 0.05) is 5.56 Å². The van der Waals surface area contributed by atoms with Crippen molar-refractivity contribution in [3.8, 4) is 11.5 Å². The van der Waals surface area contributed by atoms with Crippen molar-refractivity contribution >= 4 is 11.7 Å². The number of methoxy groups -OCH3 is 1. The van der Waals surface area contributed by atoms with Gasteiger partial charge in [-0.05, 0) is 51.1 Å². The molecule has 0 atom stereocenters. The van der Waals surface area contributed by atoms with Gasteiger partial charge in [-0.2, -0.15) is 0 Å². The van der Waals surface area contributed by atoms with E-state index in [0.717, 1.165) is 25.9 Å². The zero-order valence-corrected chi connectivity index (χ0v) is 13.1. The molecular formula is C16H24N3O3+. The molecule has 2 rings (SSSR count). The van der Waals surface area contributed by atoms with Gasteiger partial charge < -0.3 is 19.9 Å². The normalized spacial score (nSPS) is 16.4. The quantitative estimate of drug-likeness (QED) is 0.491. The number of aliphatic imine (C=N–C) groups is 1. The average Bonchev–Trinajstić information content (AvgIpc) is 2.56. The first kappa shape index (κ1) is 16.3. The Morgan fingerprint density at radius 2 is 2.09 bits per heavy atom. The van der Waals surface area contributed by atoms with E-state index in [0.29, 0.717) is 29.6 Å². The van der Waals surface area contributed by atoms with Crippen molar-refractivity contribution in [3.05, 3.63) is 23.8 Å². The molecule has 0 amide bonds. The Kier molecular flexibility index (Phi) is 5.77. The minimum atomic E-state index is 0.0879. The second kappa shape index (κ2) is 7.79. The number of hydrogen-bond acceptors (Lipinski definition) is 4. The van der Waals surface area contributed by atoms with Crippen molar-refractivity contribution in [2.75, 3.05) is 26.8 Å². The van der Waals surface area contributed by atoms with Gasteiger partial charge in [-0.3, -0.25) is 5.41 Å². The van der Waals surface area contributed by atoms with E-state index in [1.807, 2.05) is 6.92 Å². The topological polar surface area (TPSA) is 89.6 Å². The Labute approximate surface area is 130 Å². The molecule has 1 aliphatic heterocycles. The number of nitrogens with zero attached hydrogens (tertiary/aromatic N) is 1. The van der Waals surface area contributed by atoms with Gasteiger partial charge in [-0.1, -0.05) is 0 Å². The fourth-order valence-corrected chi connectivity index (χ4v) is 2.46. The predicted molar refractivity (Wildman–Crippen MR) is 87.6 cm³/mol. The number of piperidine rings is 1. The van der Waals surface area contributed by atoms with Crippen LogP contribution in [0, 0.1) is 11.3 Å². The lowest BCUT2D eigenvalue weighted by Crippen LogP contribution is -2.32. The minimum absolute atomic E-state index is 0.0879. The summed E-state index contributed by atoms with van der Waals surface area (Å²) in [5.74, 6) is 1.75. The van der Waals surface area contributed by atoms with Crippen LogP contribution in [0.4, 0.5) is 0 Å². The monoisotopic (exact) mass is 306 g/mol. The third-order valence-corrected chi connectivity index (χ3v) is 3.70. The van der Waals surface area contributed by atoms with Gasteiger partial charge >= 0.3 is 5.90 Å². The minimum Gasteiger partial charge on any atom is -0.582 e. The molecular weight excluding hydrogens is 282 g/mol. The van der Waals surface area contributed by atoms with Crippen molar-refractivity contribution in [3.63, 3.8) is 0 Å². The van der Waals surface area contributed by atoms with E-state index in [-0.39, 0.29) is 11.8 Å². The van der Waals surface area contributed by atoms with Crippen LogP contribution in [0.25, 0.3) is 0 Å². The molecule has 0 spiro atoms. The Morgan fingerprint density at radius 3 is 2.73 bits per heavy atom. The highest BCUT2D eigenvalue weighted by Crippen LogP contribution is 2.28. The van der Waals surface area contributed by atoms with Crippen molar-refractivity contribution in [1.29, 1.82) is 5.41 Å². The predicted octanol–water partition coefficient (Wildman–Crippen LogP) is 1.54. The van der Waals surface area contributed by atoms with Gasteiger partial charge in [0.2, 0.25) is 0 Å². The van der Waals surface area contributed by atoms with Crippen LogP contribution in [0.1, 0.15) is 25.3 Å². The van der Waals surface area contributed by atoms with Crippen molar-refractivity contribution in [2.45, 2.75) is 19.8 Å². The molecule has 0 bridgehead atoms. The molecule has 1 aliphatic rings. The Morgan fingerprint density at radius 1 is 1.36 bits per heavy atom. The molecule has 0 aromatic heterocycles. The fourth-order valence-electron chi connectivity index (χ4n) is 2.46. The molecule has 1 aromatic carbocycles. The van der Waals surface area contributed by atoms with E-state index >= 15 is 0 Å². The molecule has 0 unspecified atom stereocenters. The molecule has 0 saturated carbocycles. The molecule has 22 heavy (non-hydrogen) atoms. The van der Waals surface area contributed by atoms with E-state index in [1.165, 1.54) is 0 Å². The molecule has 1 fully saturated rings. The number of hydrogen-bond donors (Lipinski definition) is 2. The molecule has 6 heteroatoms. The first-order valence-electron chi connectivity index (χ1n) is 7.56. The Hall–Kier alpha value is -2.08. The van der Waals surface area contributed by atoms with Gasteiger partial charge in [0.25, 0.3) is 0 Å². The number of nitrogens with one attached hydrogen (secondary N) is 2. The van der Waals surface area contributed by atoms with Crippen LogP contribution < -0.4 is 14.8 Å². The van der Waals surface area contributed by atoms with Crippen LogP contribution in [0.2, 0.25) is 0 Å². The average molecular weight is 306 g/mol. The summed E-state index contributed by atoms with van der Waals surface area (Å²) in [4.78, 5) is 4.16. The zero-order chi connectivity index (χ0) is 15.9. The third-order valence-electron chi connectivity index (χ3n) is 3.70. The molecule has 0 radical (unpaired) electrons. The van der Waals surface area contributed by atoms with E-state index in [1.54, 1.807) is 25.3 Å². The van der Waals surface area contributed by atoms with Crippen LogP contribution in [-0.2, 0) is 0 Å². The van der Waals surface area contributed by atoms with E-state index in [4.69, 9.17) is 20.0 Å². The molecule has 1 heterocycles. The summed E-state index contributed by atoms with van der Waals surface area (Å²) in [5, 5.41) is 19.4. The maximum absolute atomic E-state index is 8.10. The summed E-state index contributed by atoms with van der Waals surface area (Å²) >= 11 is 0. The molecule has 1 saturated heterocycles. The Bertz CT molecular complexity index is 552.